The van der Waals surface area contributed by atoms with Gasteiger partial charge in [-0.15, -0.1) is 0 Å². The van der Waals surface area contributed by atoms with Crippen LogP contribution in [-0.4, -0.2) is 46.9 Å². The number of hydrogen-bond acceptors (Lipinski definition) is 5. The largest absolute Gasteiger partial charge is 0.462 e. The molecular weight excluding hydrogens is 731 g/mol. The second kappa shape index (κ2) is 46.6. The number of allylic oxidation sites excluding steroid dienone is 10. The van der Waals surface area contributed by atoms with Crippen molar-refractivity contribution in [3.05, 3.63) is 60.8 Å². The van der Waals surface area contributed by atoms with Crippen molar-refractivity contribution in [2.75, 3.05) is 6.61 Å². The molecule has 3 unspecified atom stereocenters. The van der Waals surface area contributed by atoms with Crippen LogP contribution < -0.4 is 5.32 Å². The number of carbonyl (C=O) groups excluding carboxylic acids is 2. The van der Waals surface area contributed by atoms with Crippen molar-refractivity contribution in [2.24, 2.45) is 0 Å². The van der Waals surface area contributed by atoms with Gasteiger partial charge in [0.25, 0.3) is 0 Å². The number of amides is 1. The number of rotatable bonds is 44. The van der Waals surface area contributed by atoms with Gasteiger partial charge in [0.15, 0.2) is 0 Å². The smallest absolute Gasteiger partial charge is 0.306 e. The van der Waals surface area contributed by atoms with Crippen molar-refractivity contribution in [3.8, 4) is 0 Å². The Morgan fingerprint density at radius 1 is 0.492 bits per heavy atom. The van der Waals surface area contributed by atoms with Gasteiger partial charge in [-0.05, 0) is 44.9 Å². The van der Waals surface area contributed by atoms with Crippen LogP contribution in [-0.2, 0) is 14.3 Å². The van der Waals surface area contributed by atoms with E-state index < -0.39 is 18.2 Å². The van der Waals surface area contributed by atoms with Gasteiger partial charge in [-0.1, -0.05) is 242 Å². The van der Waals surface area contributed by atoms with E-state index in [1.165, 1.54) is 122 Å². The number of hydrogen-bond donors (Lipinski definition) is 3. The molecule has 0 bridgehead atoms. The molecule has 0 heterocycles. The summed E-state index contributed by atoms with van der Waals surface area (Å²) in [6.45, 7) is 6.37. The van der Waals surface area contributed by atoms with Gasteiger partial charge >= 0.3 is 5.97 Å². The van der Waals surface area contributed by atoms with Crippen molar-refractivity contribution in [2.45, 2.75) is 257 Å². The summed E-state index contributed by atoms with van der Waals surface area (Å²) in [5.41, 5.74) is 0. The van der Waals surface area contributed by atoms with Gasteiger partial charge in [-0.3, -0.25) is 9.59 Å². The van der Waals surface area contributed by atoms with Crippen molar-refractivity contribution in [1.29, 1.82) is 0 Å². The van der Waals surface area contributed by atoms with Gasteiger partial charge in [-0.2, -0.15) is 0 Å². The minimum Gasteiger partial charge on any atom is -0.462 e. The Labute approximate surface area is 365 Å². The molecule has 0 saturated carbocycles. The predicted octanol–water partition coefficient (Wildman–Crippen LogP) is 14.8. The lowest BCUT2D eigenvalue weighted by Crippen LogP contribution is -2.46. The number of carbonyl (C=O) groups is 2. The van der Waals surface area contributed by atoms with E-state index in [2.05, 4.69) is 50.4 Å². The summed E-state index contributed by atoms with van der Waals surface area (Å²) in [5.74, 6) is -0.513. The maximum atomic E-state index is 13.2. The summed E-state index contributed by atoms with van der Waals surface area (Å²) in [7, 11) is 0. The number of nitrogens with one attached hydrogen (secondary N) is 1. The van der Waals surface area contributed by atoms with Crippen LogP contribution in [0.1, 0.15) is 239 Å². The van der Waals surface area contributed by atoms with Crippen LogP contribution in [0.25, 0.3) is 0 Å². The van der Waals surface area contributed by atoms with Gasteiger partial charge < -0.3 is 20.3 Å². The first-order valence-electron chi connectivity index (χ1n) is 25.1. The Kier molecular flexibility index (Phi) is 44.7. The third-order valence-corrected chi connectivity index (χ3v) is 11.2. The monoisotopic (exact) mass is 826 g/mol. The maximum Gasteiger partial charge on any atom is 0.306 e. The van der Waals surface area contributed by atoms with E-state index in [9.17, 15) is 19.8 Å². The van der Waals surface area contributed by atoms with E-state index in [0.717, 1.165) is 70.6 Å². The predicted molar refractivity (Wildman–Crippen MR) is 255 cm³/mol. The van der Waals surface area contributed by atoms with E-state index in [1.54, 1.807) is 0 Å². The van der Waals surface area contributed by atoms with E-state index in [1.807, 2.05) is 36.5 Å². The number of esters is 1. The fourth-order valence-corrected chi connectivity index (χ4v) is 7.40. The van der Waals surface area contributed by atoms with Crippen molar-refractivity contribution < 1.29 is 24.5 Å². The van der Waals surface area contributed by atoms with Crippen LogP contribution in [0.15, 0.2) is 60.8 Å². The molecule has 0 aromatic rings. The average molecular weight is 826 g/mol. The summed E-state index contributed by atoms with van der Waals surface area (Å²) in [6, 6.07) is -0.714. The normalized spacial score (nSPS) is 13.8. The van der Waals surface area contributed by atoms with E-state index in [0.29, 0.717) is 19.3 Å². The number of ether oxygens (including phenoxy) is 1. The van der Waals surface area contributed by atoms with Gasteiger partial charge in [-0.25, -0.2) is 0 Å². The first-order valence-corrected chi connectivity index (χ1v) is 25.1. The molecule has 0 aliphatic carbocycles. The zero-order valence-electron chi connectivity index (χ0n) is 38.9. The van der Waals surface area contributed by atoms with E-state index in [-0.39, 0.29) is 24.9 Å². The molecule has 0 saturated heterocycles. The zero-order chi connectivity index (χ0) is 43.1. The van der Waals surface area contributed by atoms with Crippen LogP contribution in [0.3, 0.4) is 0 Å². The fourth-order valence-electron chi connectivity index (χ4n) is 7.40. The molecule has 0 aliphatic heterocycles. The van der Waals surface area contributed by atoms with Gasteiger partial charge in [0.05, 0.1) is 25.2 Å². The van der Waals surface area contributed by atoms with Crippen LogP contribution in [0.2, 0.25) is 0 Å². The zero-order valence-corrected chi connectivity index (χ0v) is 38.9. The molecule has 0 spiro atoms. The first kappa shape index (κ1) is 56.6. The highest BCUT2D eigenvalue weighted by molar-refractivity contribution is 5.77. The molecule has 3 N–H and O–H groups in total. The molecular formula is C53H95NO5. The molecule has 342 valence electrons. The third kappa shape index (κ3) is 42.1. The molecule has 0 fully saturated rings. The molecule has 0 rings (SSSR count). The Bertz CT molecular complexity index is 1060. The highest BCUT2D eigenvalue weighted by atomic mass is 16.5. The Hall–Kier alpha value is -2.44. The molecule has 6 nitrogen and oxygen atoms in total. The SMILES string of the molecule is CCC/C=C/C=C/C=C/C=C/C=C/CCCCCC(CC(=O)NC(CO)C(O)CCCCCCCCCCCC)OC(=O)CCCCCCCCCCCCCCCC. The van der Waals surface area contributed by atoms with E-state index in [4.69, 9.17) is 4.74 Å². The highest BCUT2D eigenvalue weighted by Gasteiger charge is 2.24. The van der Waals surface area contributed by atoms with Crippen LogP contribution in [0.5, 0.6) is 0 Å². The highest BCUT2D eigenvalue weighted by Crippen LogP contribution is 2.17. The van der Waals surface area contributed by atoms with Crippen LogP contribution in [0.4, 0.5) is 0 Å². The van der Waals surface area contributed by atoms with Gasteiger partial charge in [0, 0.05) is 6.42 Å². The molecule has 0 aliphatic rings. The quantitative estimate of drug-likeness (QED) is 0.0323. The Morgan fingerprint density at radius 2 is 0.898 bits per heavy atom. The first-order chi connectivity index (χ1) is 29.0. The molecule has 59 heavy (non-hydrogen) atoms. The summed E-state index contributed by atoms with van der Waals surface area (Å²) >= 11 is 0. The second-order valence-corrected chi connectivity index (χ2v) is 17.0. The van der Waals surface area contributed by atoms with Gasteiger partial charge in [0.1, 0.15) is 6.10 Å². The maximum absolute atomic E-state index is 13.2. The summed E-state index contributed by atoms with van der Waals surface area (Å²) in [4.78, 5) is 26.1. The number of unbranched alkanes of at least 4 members (excludes halogenated alkanes) is 26. The Balaban J connectivity index is 4.69. The molecule has 6 heteroatoms. The molecule has 0 aromatic heterocycles. The molecule has 1 amide bonds. The lowest BCUT2D eigenvalue weighted by molar-refractivity contribution is -0.151. The van der Waals surface area contributed by atoms with E-state index >= 15 is 0 Å². The van der Waals surface area contributed by atoms with Crippen LogP contribution in [0, 0.1) is 0 Å². The summed E-state index contributed by atoms with van der Waals surface area (Å²) in [5, 5.41) is 23.7. The van der Waals surface area contributed by atoms with Crippen molar-refractivity contribution in [1.82, 2.24) is 5.32 Å². The minimum absolute atomic E-state index is 0.0500. The summed E-state index contributed by atoms with van der Waals surface area (Å²) < 4.78 is 5.91. The molecule has 3 atom stereocenters. The number of aliphatic hydroxyl groups excluding tert-OH is 2. The number of aliphatic hydroxyl groups is 2. The standard InChI is InChI=1S/C53H95NO5/c1-4-7-10-13-16-19-22-24-26-27-28-30-32-35-38-41-44-49(59-53(58)46-43-40-37-34-31-29-25-23-20-17-14-11-8-5-2)47-52(57)54-50(48-55)51(56)45-42-39-36-33-21-18-15-12-9-6-3/h10,13,16,19,22,24,26-28,30,49-51,55-56H,4-9,11-12,14-15,17-18,20-21,23,25,29,31-48H2,1-3H3,(H,54,57)/b13-10+,19-16+,24-22+,27-26+,30-28+. The van der Waals surface area contributed by atoms with Gasteiger partial charge in [0.2, 0.25) is 5.91 Å². The minimum atomic E-state index is -0.798. The lowest BCUT2D eigenvalue weighted by Gasteiger charge is -2.24. The van der Waals surface area contributed by atoms with Crippen molar-refractivity contribution in [3.63, 3.8) is 0 Å². The summed E-state index contributed by atoms with van der Waals surface area (Å²) in [6.07, 6.45) is 57.0. The second-order valence-electron chi connectivity index (χ2n) is 17.0. The third-order valence-electron chi connectivity index (χ3n) is 11.2. The molecule has 0 aromatic carbocycles. The lowest BCUT2D eigenvalue weighted by atomic mass is 10.0. The molecule has 0 radical (unpaired) electrons. The fraction of sp³-hybridized carbons (Fsp3) is 0.774. The van der Waals surface area contributed by atoms with Crippen LogP contribution >= 0.6 is 0 Å². The topological polar surface area (TPSA) is 95.9 Å². The van der Waals surface area contributed by atoms with Crippen molar-refractivity contribution >= 4 is 11.9 Å². The Morgan fingerprint density at radius 3 is 1.37 bits per heavy atom. The average Bonchev–Trinajstić information content (AvgIpc) is 3.23.